The van der Waals surface area contributed by atoms with E-state index >= 15 is 0 Å². The number of nitrogens with one attached hydrogen (secondary N) is 1. The van der Waals surface area contributed by atoms with Gasteiger partial charge in [-0.25, -0.2) is 0 Å². The lowest BCUT2D eigenvalue weighted by Gasteiger charge is -2.30. The Morgan fingerprint density at radius 2 is 1.68 bits per heavy atom. The van der Waals surface area contributed by atoms with Crippen LogP contribution in [-0.2, 0) is 17.9 Å². The molecule has 1 aliphatic rings. The van der Waals surface area contributed by atoms with E-state index in [2.05, 4.69) is 5.32 Å². The molecule has 0 aromatic heterocycles. The van der Waals surface area contributed by atoms with E-state index in [0.29, 0.717) is 28.6 Å². The number of fused-ring (bicyclic) bond motifs is 1. The maximum Gasteiger partial charge on any atom is 0.265 e. The van der Waals surface area contributed by atoms with E-state index in [1.54, 1.807) is 17.0 Å². The first-order valence-electron chi connectivity index (χ1n) is 11.9. The molecule has 2 amide bonds. The van der Waals surface area contributed by atoms with E-state index in [0.717, 1.165) is 27.3 Å². The first-order chi connectivity index (χ1) is 18.0. The summed E-state index contributed by atoms with van der Waals surface area (Å²) in [5.41, 5.74) is 5.51. The lowest BCUT2D eigenvalue weighted by molar-refractivity contribution is -0.114. The molecule has 1 heterocycles. The highest BCUT2D eigenvalue weighted by molar-refractivity contribution is 8.04. The third-order valence-corrected chi connectivity index (χ3v) is 7.42. The van der Waals surface area contributed by atoms with E-state index < -0.39 is 0 Å². The van der Waals surface area contributed by atoms with Gasteiger partial charge in [-0.2, -0.15) is 0 Å². The van der Waals surface area contributed by atoms with Gasteiger partial charge in [0.05, 0.1) is 17.1 Å². The molecule has 1 aliphatic heterocycles. The number of anilines is 1. The van der Waals surface area contributed by atoms with Crippen LogP contribution >= 0.6 is 23.4 Å². The van der Waals surface area contributed by atoms with Crippen molar-refractivity contribution in [3.05, 3.63) is 135 Å². The summed E-state index contributed by atoms with van der Waals surface area (Å²) in [4.78, 5) is 29.6. The zero-order chi connectivity index (χ0) is 25.8. The average molecular weight is 525 g/mol. The molecule has 0 spiro atoms. The molecule has 37 heavy (non-hydrogen) atoms. The molecule has 0 saturated carbocycles. The fourth-order valence-electron chi connectivity index (χ4n) is 4.11. The van der Waals surface area contributed by atoms with Crippen molar-refractivity contribution in [3.63, 3.8) is 0 Å². The molecular formula is C31H25ClN2O2S. The molecule has 0 atom stereocenters. The summed E-state index contributed by atoms with van der Waals surface area (Å²) < 4.78 is 0. The first-order valence-corrected chi connectivity index (χ1v) is 13.1. The quantitative estimate of drug-likeness (QED) is 0.270. The van der Waals surface area contributed by atoms with Gasteiger partial charge in [-0.3, -0.25) is 9.59 Å². The smallest absolute Gasteiger partial charge is 0.265 e. The molecule has 5 rings (SSSR count). The summed E-state index contributed by atoms with van der Waals surface area (Å²) in [6.07, 6.45) is 1.88. The van der Waals surface area contributed by atoms with Gasteiger partial charge < -0.3 is 10.2 Å². The first kappa shape index (κ1) is 24.9. The number of rotatable bonds is 6. The molecule has 0 unspecified atom stereocenters. The van der Waals surface area contributed by atoms with Crippen molar-refractivity contribution in [3.8, 4) is 0 Å². The minimum absolute atomic E-state index is 0.0661. The van der Waals surface area contributed by atoms with Crippen LogP contribution in [0.1, 0.15) is 32.6 Å². The highest BCUT2D eigenvalue weighted by Crippen LogP contribution is 2.42. The number of carbonyl (C=O) groups is 2. The standard InChI is InChI=1S/C31H25ClN2O2S/c1-21-9-11-23(12-10-21)19-33-30(35)25-15-13-22(14-16-25)18-29-31(36)34(20-24-5-4-6-26(32)17-24)27-7-2-3-8-28(27)37-29/h2-18H,19-20H2,1H3,(H,33,35). The molecular weight excluding hydrogens is 500 g/mol. The Labute approximate surface area is 226 Å². The number of aryl methyl sites for hydroxylation is 1. The molecule has 6 heteroatoms. The van der Waals surface area contributed by atoms with Crippen molar-refractivity contribution in [1.29, 1.82) is 0 Å². The fourth-order valence-corrected chi connectivity index (χ4v) is 5.38. The van der Waals surface area contributed by atoms with Gasteiger partial charge in [-0.05, 0) is 66.1 Å². The number of hydrogen-bond donors (Lipinski definition) is 1. The van der Waals surface area contributed by atoms with E-state index in [1.807, 2.05) is 97.9 Å². The van der Waals surface area contributed by atoms with Crippen LogP contribution < -0.4 is 10.2 Å². The lowest BCUT2D eigenvalue weighted by atomic mass is 10.1. The molecule has 0 saturated heterocycles. The second kappa shape index (κ2) is 11.1. The molecule has 4 aromatic carbocycles. The lowest BCUT2D eigenvalue weighted by Crippen LogP contribution is -2.33. The molecule has 184 valence electrons. The van der Waals surface area contributed by atoms with Crippen LogP contribution in [0, 0.1) is 6.92 Å². The van der Waals surface area contributed by atoms with Gasteiger partial charge >= 0.3 is 0 Å². The van der Waals surface area contributed by atoms with Crippen molar-refractivity contribution in [2.75, 3.05) is 4.90 Å². The van der Waals surface area contributed by atoms with Crippen LogP contribution in [-0.4, -0.2) is 11.8 Å². The van der Waals surface area contributed by atoms with Crippen molar-refractivity contribution in [2.24, 2.45) is 0 Å². The molecule has 4 aromatic rings. The van der Waals surface area contributed by atoms with Gasteiger partial charge in [-0.15, -0.1) is 0 Å². The van der Waals surface area contributed by atoms with Crippen LogP contribution in [0.4, 0.5) is 5.69 Å². The SMILES string of the molecule is Cc1ccc(CNC(=O)c2ccc(C=C3Sc4ccccc4N(Cc4cccc(Cl)c4)C3=O)cc2)cc1. The molecule has 0 radical (unpaired) electrons. The highest BCUT2D eigenvalue weighted by atomic mass is 35.5. The number of amides is 2. The fraction of sp³-hybridized carbons (Fsp3) is 0.0968. The number of nitrogens with zero attached hydrogens (tertiary/aromatic N) is 1. The highest BCUT2D eigenvalue weighted by Gasteiger charge is 2.29. The van der Waals surface area contributed by atoms with Gasteiger partial charge in [0.15, 0.2) is 0 Å². The van der Waals surface area contributed by atoms with Crippen molar-refractivity contribution < 1.29 is 9.59 Å². The van der Waals surface area contributed by atoms with E-state index in [9.17, 15) is 9.59 Å². The number of carbonyl (C=O) groups excluding carboxylic acids is 2. The van der Waals surface area contributed by atoms with Gasteiger partial charge in [0.25, 0.3) is 11.8 Å². The van der Waals surface area contributed by atoms with Gasteiger partial charge in [0.2, 0.25) is 0 Å². The minimum Gasteiger partial charge on any atom is -0.348 e. The number of hydrogen-bond acceptors (Lipinski definition) is 3. The van der Waals surface area contributed by atoms with Crippen LogP contribution in [0.3, 0.4) is 0 Å². The Kier molecular flexibility index (Phi) is 7.45. The average Bonchev–Trinajstić information content (AvgIpc) is 2.91. The maximum absolute atomic E-state index is 13.5. The minimum atomic E-state index is -0.135. The summed E-state index contributed by atoms with van der Waals surface area (Å²) in [7, 11) is 0. The molecule has 0 bridgehead atoms. The second-order valence-electron chi connectivity index (χ2n) is 8.89. The third kappa shape index (κ3) is 5.96. The number of benzene rings is 4. The largest absolute Gasteiger partial charge is 0.348 e. The molecule has 4 nitrogen and oxygen atoms in total. The zero-order valence-electron chi connectivity index (χ0n) is 20.3. The number of para-hydroxylation sites is 1. The summed E-state index contributed by atoms with van der Waals surface area (Å²) in [5, 5.41) is 3.60. The van der Waals surface area contributed by atoms with Crippen molar-refractivity contribution >= 4 is 46.9 Å². The Morgan fingerprint density at radius 3 is 2.43 bits per heavy atom. The second-order valence-corrected chi connectivity index (χ2v) is 10.4. The number of halogens is 1. The Hall–Kier alpha value is -3.80. The summed E-state index contributed by atoms with van der Waals surface area (Å²) in [6, 6.07) is 30.8. The predicted octanol–water partition coefficient (Wildman–Crippen LogP) is 7.26. The number of thioether (sulfide) groups is 1. The van der Waals surface area contributed by atoms with Gasteiger partial charge in [0.1, 0.15) is 0 Å². The Morgan fingerprint density at radius 1 is 0.919 bits per heavy atom. The van der Waals surface area contributed by atoms with Crippen LogP contribution in [0.15, 0.2) is 107 Å². The predicted molar refractivity (Wildman–Crippen MR) is 152 cm³/mol. The van der Waals surface area contributed by atoms with E-state index in [1.165, 1.54) is 17.3 Å². The Bertz CT molecular complexity index is 1480. The van der Waals surface area contributed by atoms with Gasteiger partial charge in [-0.1, -0.05) is 89.6 Å². The molecule has 0 aliphatic carbocycles. The van der Waals surface area contributed by atoms with Crippen molar-refractivity contribution in [1.82, 2.24) is 5.32 Å². The summed E-state index contributed by atoms with van der Waals surface area (Å²) in [6.45, 7) is 2.93. The normalized spacial score (nSPS) is 13.9. The molecule has 1 N–H and O–H groups in total. The Balaban J connectivity index is 1.33. The monoisotopic (exact) mass is 524 g/mol. The topological polar surface area (TPSA) is 49.4 Å². The van der Waals surface area contributed by atoms with E-state index in [-0.39, 0.29) is 11.8 Å². The summed E-state index contributed by atoms with van der Waals surface area (Å²) in [5.74, 6) is -0.201. The van der Waals surface area contributed by atoms with Crippen LogP contribution in [0.25, 0.3) is 6.08 Å². The van der Waals surface area contributed by atoms with Crippen LogP contribution in [0.5, 0.6) is 0 Å². The van der Waals surface area contributed by atoms with Crippen LogP contribution in [0.2, 0.25) is 5.02 Å². The maximum atomic E-state index is 13.5. The van der Waals surface area contributed by atoms with Gasteiger partial charge in [0, 0.05) is 22.0 Å². The van der Waals surface area contributed by atoms with E-state index in [4.69, 9.17) is 11.6 Å². The molecule has 0 fully saturated rings. The zero-order valence-corrected chi connectivity index (χ0v) is 21.9. The summed E-state index contributed by atoms with van der Waals surface area (Å²) >= 11 is 7.64. The third-order valence-electron chi connectivity index (χ3n) is 6.11. The van der Waals surface area contributed by atoms with Crippen molar-refractivity contribution in [2.45, 2.75) is 24.9 Å².